The van der Waals surface area contributed by atoms with Gasteiger partial charge in [-0.15, -0.1) is 5.10 Å². The highest BCUT2D eigenvalue weighted by Crippen LogP contribution is 2.31. The minimum atomic E-state index is -4.53. The van der Waals surface area contributed by atoms with Gasteiger partial charge in [0.1, 0.15) is 5.82 Å². The van der Waals surface area contributed by atoms with Crippen molar-refractivity contribution >= 4 is 17.5 Å². The van der Waals surface area contributed by atoms with Crippen LogP contribution in [0.1, 0.15) is 31.9 Å². The molecule has 0 aliphatic carbocycles. The predicted octanol–water partition coefficient (Wildman–Crippen LogP) is 4.70. The Balaban J connectivity index is 1.95. The summed E-state index contributed by atoms with van der Waals surface area (Å²) in [5.41, 5.74) is -2.37. The zero-order valence-electron chi connectivity index (χ0n) is 17.3. The smallest absolute Gasteiger partial charge is 0.351 e. The second-order valence-corrected chi connectivity index (χ2v) is 8.47. The molecule has 0 bridgehead atoms. The first-order chi connectivity index (χ1) is 14.8. The number of hydrogen-bond acceptors (Lipinski definition) is 3. The molecule has 2 N–H and O–H groups in total. The number of aromatic amines is 1. The Bertz CT molecular complexity index is 1210. The van der Waals surface area contributed by atoms with Gasteiger partial charge < -0.3 is 5.32 Å². The van der Waals surface area contributed by atoms with Crippen molar-refractivity contribution in [2.45, 2.75) is 33.5 Å². The molecule has 0 saturated heterocycles. The molecule has 32 heavy (non-hydrogen) atoms. The molecule has 170 valence electrons. The van der Waals surface area contributed by atoms with E-state index in [9.17, 15) is 22.8 Å². The van der Waals surface area contributed by atoms with Gasteiger partial charge in [0.2, 0.25) is 5.91 Å². The topological polar surface area (TPSA) is 79.8 Å². The first-order valence-corrected chi connectivity index (χ1v) is 9.79. The standard InChI is InChI=1S/C21H19ClF4N4O2/c1-20(2,3)18(31)27-10-11-4-9-14(22)15(16(11)23)17-28-19(32)30(29-17)13-7-5-12(6-8-13)21(24,25)26/h4-9H,10H2,1-3H3,(H,27,31)(H,28,29,32). The second-order valence-electron chi connectivity index (χ2n) is 8.06. The molecular weight excluding hydrogens is 452 g/mol. The van der Waals surface area contributed by atoms with E-state index in [2.05, 4.69) is 15.4 Å². The van der Waals surface area contributed by atoms with E-state index in [1.165, 1.54) is 12.1 Å². The summed E-state index contributed by atoms with van der Waals surface area (Å²) >= 11 is 6.13. The van der Waals surface area contributed by atoms with Gasteiger partial charge in [-0.25, -0.2) is 9.18 Å². The average Bonchev–Trinajstić information content (AvgIpc) is 3.07. The Morgan fingerprint density at radius 3 is 2.31 bits per heavy atom. The van der Waals surface area contributed by atoms with Crippen molar-refractivity contribution in [3.05, 3.63) is 68.8 Å². The lowest BCUT2D eigenvalue weighted by Gasteiger charge is -2.18. The number of aromatic nitrogens is 3. The number of carbonyl (C=O) groups excluding carboxylic acids is 1. The van der Waals surface area contributed by atoms with Crippen molar-refractivity contribution < 1.29 is 22.4 Å². The lowest BCUT2D eigenvalue weighted by atomic mass is 9.95. The normalized spacial score (nSPS) is 12.1. The third-order valence-corrected chi connectivity index (χ3v) is 4.90. The van der Waals surface area contributed by atoms with Gasteiger partial charge in [-0.1, -0.05) is 38.4 Å². The molecule has 0 aliphatic rings. The lowest BCUT2D eigenvalue weighted by Crippen LogP contribution is -2.34. The fraction of sp³-hybridized carbons (Fsp3) is 0.286. The van der Waals surface area contributed by atoms with Crippen molar-refractivity contribution in [2.75, 3.05) is 0 Å². The maximum absolute atomic E-state index is 15.2. The van der Waals surface area contributed by atoms with Gasteiger partial charge in [0.15, 0.2) is 5.82 Å². The van der Waals surface area contributed by atoms with E-state index in [1.807, 2.05) is 0 Å². The monoisotopic (exact) mass is 470 g/mol. The first-order valence-electron chi connectivity index (χ1n) is 9.41. The number of alkyl halides is 3. The molecule has 0 radical (unpaired) electrons. The molecule has 3 aromatic rings. The summed E-state index contributed by atoms with van der Waals surface area (Å²) in [7, 11) is 0. The van der Waals surface area contributed by atoms with Crippen molar-refractivity contribution in [1.29, 1.82) is 0 Å². The van der Waals surface area contributed by atoms with Crippen LogP contribution in [0, 0.1) is 11.2 Å². The van der Waals surface area contributed by atoms with Crippen molar-refractivity contribution in [3.8, 4) is 17.1 Å². The third-order valence-electron chi connectivity index (χ3n) is 4.59. The molecule has 0 aliphatic heterocycles. The van der Waals surface area contributed by atoms with Crippen LogP contribution in [0.2, 0.25) is 5.02 Å². The minimum Gasteiger partial charge on any atom is -0.351 e. The molecule has 0 spiro atoms. The van der Waals surface area contributed by atoms with Crippen LogP contribution in [0.4, 0.5) is 17.6 Å². The van der Waals surface area contributed by atoms with Gasteiger partial charge in [-0.2, -0.15) is 17.9 Å². The Kier molecular flexibility index (Phi) is 6.19. The summed E-state index contributed by atoms with van der Waals surface area (Å²) in [6.45, 7) is 5.02. The molecule has 6 nitrogen and oxygen atoms in total. The summed E-state index contributed by atoms with van der Waals surface area (Å²) in [4.78, 5) is 26.8. The number of nitrogens with zero attached hydrogens (tertiary/aromatic N) is 2. The van der Waals surface area contributed by atoms with Crippen LogP contribution < -0.4 is 11.0 Å². The molecule has 1 heterocycles. The van der Waals surface area contributed by atoms with Crippen LogP contribution in [0.5, 0.6) is 0 Å². The summed E-state index contributed by atoms with van der Waals surface area (Å²) in [6, 6.07) is 6.56. The Morgan fingerprint density at radius 2 is 1.75 bits per heavy atom. The Hall–Kier alpha value is -3.14. The van der Waals surface area contributed by atoms with Gasteiger partial charge >= 0.3 is 11.9 Å². The second kappa shape index (κ2) is 8.42. The van der Waals surface area contributed by atoms with Gasteiger partial charge in [0.25, 0.3) is 0 Å². The van der Waals surface area contributed by atoms with Crippen LogP contribution >= 0.6 is 11.6 Å². The Labute approximate surface area is 185 Å². The molecule has 11 heteroatoms. The number of halogens is 5. The number of nitrogens with one attached hydrogen (secondary N) is 2. The summed E-state index contributed by atoms with van der Waals surface area (Å²) in [5.74, 6) is -1.28. The van der Waals surface area contributed by atoms with Crippen LogP contribution in [0.25, 0.3) is 17.1 Å². The van der Waals surface area contributed by atoms with Crippen LogP contribution in [0.3, 0.4) is 0 Å². The first kappa shape index (κ1) is 23.5. The van der Waals surface area contributed by atoms with E-state index in [-0.39, 0.29) is 40.1 Å². The molecule has 1 amide bonds. The zero-order chi connectivity index (χ0) is 23.8. The number of rotatable bonds is 4. The Morgan fingerprint density at radius 1 is 1.12 bits per heavy atom. The maximum Gasteiger partial charge on any atom is 0.416 e. The van der Waals surface area contributed by atoms with E-state index >= 15 is 4.39 Å². The highest BCUT2D eigenvalue weighted by atomic mass is 35.5. The fourth-order valence-corrected chi connectivity index (χ4v) is 3.03. The highest BCUT2D eigenvalue weighted by molar-refractivity contribution is 6.33. The van der Waals surface area contributed by atoms with E-state index in [1.54, 1.807) is 20.8 Å². The summed E-state index contributed by atoms with van der Waals surface area (Å²) in [6.07, 6.45) is -4.53. The molecule has 3 rings (SSSR count). The number of H-pyrrole nitrogens is 1. The highest BCUT2D eigenvalue weighted by Gasteiger charge is 2.30. The molecule has 2 aromatic carbocycles. The van der Waals surface area contributed by atoms with Crippen molar-refractivity contribution in [2.24, 2.45) is 5.41 Å². The van der Waals surface area contributed by atoms with E-state index in [0.29, 0.717) is 0 Å². The zero-order valence-corrected chi connectivity index (χ0v) is 18.0. The molecule has 0 fully saturated rings. The largest absolute Gasteiger partial charge is 0.416 e. The minimum absolute atomic E-state index is 0.0401. The molecular formula is C21H19ClF4N4O2. The van der Waals surface area contributed by atoms with E-state index in [4.69, 9.17) is 11.6 Å². The van der Waals surface area contributed by atoms with Gasteiger partial charge in [-0.3, -0.25) is 9.78 Å². The quantitative estimate of drug-likeness (QED) is 0.542. The van der Waals surface area contributed by atoms with Gasteiger partial charge in [-0.05, 0) is 30.3 Å². The maximum atomic E-state index is 15.2. The van der Waals surface area contributed by atoms with Crippen molar-refractivity contribution in [3.63, 3.8) is 0 Å². The fourth-order valence-electron chi connectivity index (χ4n) is 2.79. The summed E-state index contributed by atoms with van der Waals surface area (Å²) < 4.78 is 54.2. The molecule has 0 atom stereocenters. The van der Waals surface area contributed by atoms with E-state index in [0.717, 1.165) is 28.9 Å². The van der Waals surface area contributed by atoms with Crippen LogP contribution in [-0.4, -0.2) is 20.7 Å². The molecule has 0 unspecified atom stereocenters. The lowest BCUT2D eigenvalue weighted by molar-refractivity contribution is -0.137. The third kappa shape index (κ3) is 4.85. The van der Waals surface area contributed by atoms with Gasteiger partial charge in [0.05, 0.1) is 21.8 Å². The number of hydrogen-bond donors (Lipinski definition) is 2. The number of amides is 1. The SMILES string of the molecule is CC(C)(C)C(=O)NCc1ccc(Cl)c(-c2nn(-c3ccc(C(F)(F)F)cc3)c(=O)[nH]2)c1F. The summed E-state index contributed by atoms with van der Waals surface area (Å²) in [5, 5.41) is 6.58. The molecule has 0 saturated carbocycles. The average molecular weight is 471 g/mol. The number of benzene rings is 2. The van der Waals surface area contributed by atoms with Crippen molar-refractivity contribution in [1.82, 2.24) is 20.1 Å². The van der Waals surface area contributed by atoms with Crippen LogP contribution in [-0.2, 0) is 17.5 Å². The predicted molar refractivity (Wildman–Crippen MR) is 111 cm³/mol. The van der Waals surface area contributed by atoms with Gasteiger partial charge in [0, 0.05) is 17.5 Å². The van der Waals surface area contributed by atoms with E-state index < -0.39 is 28.7 Å². The van der Waals surface area contributed by atoms with Crippen LogP contribution in [0.15, 0.2) is 41.2 Å². The number of carbonyl (C=O) groups is 1. The molecule has 1 aromatic heterocycles.